The van der Waals surface area contributed by atoms with Crippen LogP contribution in [0.4, 0.5) is 5.13 Å². The van der Waals surface area contributed by atoms with Crippen LogP contribution in [-0.2, 0) is 4.79 Å². The molecule has 3 aromatic rings. The molecule has 5 nitrogen and oxygen atoms in total. The zero-order valence-electron chi connectivity index (χ0n) is 14.5. The highest BCUT2D eigenvalue weighted by Gasteiger charge is 2.10. The molecule has 2 aromatic carbocycles. The Kier molecular flexibility index (Phi) is 5.96. The molecule has 3 rings (SSSR count). The van der Waals surface area contributed by atoms with E-state index in [0.29, 0.717) is 22.5 Å². The van der Waals surface area contributed by atoms with Crippen molar-refractivity contribution in [3.63, 3.8) is 0 Å². The second-order valence-electron chi connectivity index (χ2n) is 5.74. The van der Waals surface area contributed by atoms with E-state index in [0.717, 1.165) is 28.0 Å². The zero-order valence-corrected chi connectivity index (χ0v) is 16.1. The van der Waals surface area contributed by atoms with Crippen LogP contribution in [0.5, 0.6) is 11.5 Å². The Morgan fingerprint density at radius 2 is 2.08 bits per heavy atom. The molecule has 7 heteroatoms. The van der Waals surface area contributed by atoms with Crippen molar-refractivity contribution in [2.24, 2.45) is 0 Å². The lowest BCUT2D eigenvalue weighted by atomic mass is 10.2. The van der Waals surface area contributed by atoms with E-state index >= 15 is 0 Å². The third-order valence-corrected chi connectivity index (χ3v) is 4.74. The minimum Gasteiger partial charge on any atom is -0.494 e. The van der Waals surface area contributed by atoms with Crippen molar-refractivity contribution in [3.8, 4) is 11.5 Å². The van der Waals surface area contributed by atoms with Gasteiger partial charge in [-0.05, 0) is 55.3 Å². The second-order valence-corrected chi connectivity index (χ2v) is 7.21. The van der Waals surface area contributed by atoms with Crippen molar-refractivity contribution in [2.45, 2.75) is 20.3 Å². The van der Waals surface area contributed by atoms with Gasteiger partial charge in [0.2, 0.25) is 0 Å². The molecule has 0 unspecified atom stereocenters. The third-order valence-electron chi connectivity index (χ3n) is 3.57. The first-order valence-electron chi connectivity index (χ1n) is 8.27. The number of hydrogen-bond donors (Lipinski definition) is 1. The van der Waals surface area contributed by atoms with Crippen LogP contribution in [0.3, 0.4) is 0 Å². The summed E-state index contributed by atoms with van der Waals surface area (Å²) in [5.74, 6) is 1.18. The number of benzene rings is 2. The summed E-state index contributed by atoms with van der Waals surface area (Å²) in [5, 5.41) is 3.94. The van der Waals surface area contributed by atoms with Gasteiger partial charge >= 0.3 is 0 Å². The van der Waals surface area contributed by atoms with Crippen LogP contribution in [0.15, 0.2) is 36.4 Å². The summed E-state index contributed by atoms with van der Waals surface area (Å²) in [4.78, 5) is 16.5. The molecule has 136 valence electrons. The molecule has 1 amide bonds. The summed E-state index contributed by atoms with van der Waals surface area (Å²) in [6, 6.07) is 11.0. The van der Waals surface area contributed by atoms with Crippen molar-refractivity contribution in [1.82, 2.24) is 4.98 Å². The molecule has 1 heterocycles. The summed E-state index contributed by atoms with van der Waals surface area (Å²) in [5.41, 5.74) is 1.70. The number of carbonyl (C=O) groups excluding carboxylic acids is 1. The molecule has 1 N–H and O–H groups in total. The summed E-state index contributed by atoms with van der Waals surface area (Å²) in [7, 11) is 0. The standard InChI is InChI=1S/C19H19ClN2O3S/c1-3-8-24-14-5-6-15-17(10-14)26-19(21-15)22-18(23)11-25-16-7-4-13(20)9-12(16)2/h4-7,9-10H,3,8,11H2,1-2H3,(H,21,22,23). The molecule has 0 aliphatic heterocycles. The van der Waals surface area contributed by atoms with E-state index in [2.05, 4.69) is 17.2 Å². The van der Waals surface area contributed by atoms with Crippen LogP contribution < -0.4 is 14.8 Å². The van der Waals surface area contributed by atoms with Crippen LogP contribution in [0.2, 0.25) is 5.02 Å². The maximum Gasteiger partial charge on any atom is 0.264 e. The number of amides is 1. The van der Waals surface area contributed by atoms with Gasteiger partial charge in [0.25, 0.3) is 5.91 Å². The fraction of sp³-hybridized carbons (Fsp3) is 0.263. The minimum atomic E-state index is -0.263. The highest BCUT2D eigenvalue weighted by Crippen LogP contribution is 2.29. The van der Waals surface area contributed by atoms with E-state index in [1.54, 1.807) is 18.2 Å². The number of nitrogens with zero attached hydrogens (tertiary/aromatic N) is 1. The molecule has 0 saturated carbocycles. The predicted octanol–water partition coefficient (Wildman–Crippen LogP) is 5.06. The fourth-order valence-corrected chi connectivity index (χ4v) is 3.48. The number of fused-ring (bicyclic) bond motifs is 1. The third kappa shape index (κ3) is 4.65. The Hall–Kier alpha value is -2.31. The topological polar surface area (TPSA) is 60.5 Å². The molecule has 0 atom stereocenters. The first-order valence-corrected chi connectivity index (χ1v) is 9.47. The van der Waals surface area contributed by atoms with Gasteiger partial charge < -0.3 is 9.47 Å². The number of nitrogens with one attached hydrogen (secondary N) is 1. The smallest absolute Gasteiger partial charge is 0.264 e. The van der Waals surface area contributed by atoms with Crippen molar-refractivity contribution in [3.05, 3.63) is 47.0 Å². The van der Waals surface area contributed by atoms with Crippen molar-refractivity contribution in [1.29, 1.82) is 0 Å². The van der Waals surface area contributed by atoms with Crippen LogP contribution in [0.1, 0.15) is 18.9 Å². The number of thiazole rings is 1. The summed E-state index contributed by atoms with van der Waals surface area (Å²) in [6.45, 7) is 4.52. The molecule has 0 saturated heterocycles. The van der Waals surface area contributed by atoms with Gasteiger partial charge in [0.05, 0.1) is 16.8 Å². The number of aryl methyl sites for hydroxylation is 1. The second kappa shape index (κ2) is 8.38. The van der Waals surface area contributed by atoms with Crippen molar-refractivity contribution in [2.75, 3.05) is 18.5 Å². The lowest BCUT2D eigenvalue weighted by Gasteiger charge is -2.08. The molecular weight excluding hydrogens is 372 g/mol. The summed E-state index contributed by atoms with van der Waals surface area (Å²) in [6.07, 6.45) is 0.954. The average Bonchev–Trinajstić information content (AvgIpc) is 3.00. The molecule has 0 radical (unpaired) electrons. The number of anilines is 1. The lowest BCUT2D eigenvalue weighted by Crippen LogP contribution is -2.20. The Labute approximate surface area is 160 Å². The lowest BCUT2D eigenvalue weighted by molar-refractivity contribution is -0.118. The number of halogens is 1. The maximum atomic E-state index is 12.1. The number of ether oxygens (including phenoxy) is 2. The van der Waals surface area contributed by atoms with E-state index in [4.69, 9.17) is 21.1 Å². The SMILES string of the molecule is CCCOc1ccc2nc(NC(=O)COc3ccc(Cl)cc3C)sc2c1. The quantitative estimate of drug-likeness (QED) is 0.612. The van der Waals surface area contributed by atoms with Crippen molar-refractivity contribution < 1.29 is 14.3 Å². The summed E-state index contributed by atoms with van der Waals surface area (Å²) < 4.78 is 12.1. The molecule has 26 heavy (non-hydrogen) atoms. The monoisotopic (exact) mass is 390 g/mol. The molecule has 0 aliphatic rings. The predicted molar refractivity (Wildman–Crippen MR) is 106 cm³/mol. The molecule has 0 spiro atoms. The van der Waals surface area contributed by atoms with Gasteiger partial charge in [0.15, 0.2) is 11.7 Å². The van der Waals surface area contributed by atoms with E-state index < -0.39 is 0 Å². The Balaban J connectivity index is 1.61. The Morgan fingerprint density at radius 3 is 2.85 bits per heavy atom. The first-order chi connectivity index (χ1) is 12.5. The van der Waals surface area contributed by atoms with Crippen molar-refractivity contribution >= 4 is 44.2 Å². The highest BCUT2D eigenvalue weighted by atomic mass is 35.5. The number of aromatic nitrogens is 1. The average molecular weight is 391 g/mol. The Morgan fingerprint density at radius 1 is 1.23 bits per heavy atom. The molecule has 0 aliphatic carbocycles. The van der Waals surface area contributed by atoms with Gasteiger partial charge in [0, 0.05) is 5.02 Å². The van der Waals surface area contributed by atoms with E-state index in [-0.39, 0.29) is 12.5 Å². The van der Waals surface area contributed by atoms with Gasteiger partial charge in [-0.15, -0.1) is 0 Å². The minimum absolute atomic E-state index is 0.0940. The van der Waals surface area contributed by atoms with Crippen LogP contribution >= 0.6 is 22.9 Å². The summed E-state index contributed by atoms with van der Waals surface area (Å²) >= 11 is 7.32. The number of rotatable bonds is 7. The van der Waals surface area contributed by atoms with Crippen LogP contribution in [-0.4, -0.2) is 24.1 Å². The normalized spacial score (nSPS) is 10.7. The van der Waals surface area contributed by atoms with Crippen LogP contribution in [0, 0.1) is 6.92 Å². The fourth-order valence-electron chi connectivity index (χ4n) is 2.34. The molecule has 0 bridgehead atoms. The number of hydrogen-bond acceptors (Lipinski definition) is 5. The van der Waals surface area contributed by atoms with E-state index in [9.17, 15) is 4.79 Å². The van der Waals surface area contributed by atoms with Gasteiger partial charge in [-0.25, -0.2) is 4.98 Å². The molecule has 0 fully saturated rings. The first kappa shape index (κ1) is 18.5. The Bertz CT molecular complexity index is 926. The molecule has 1 aromatic heterocycles. The van der Waals surface area contributed by atoms with Gasteiger partial charge in [0.1, 0.15) is 11.5 Å². The highest BCUT2D eigenvalue weighted by molar-refractivity contribution is 7.22. The van der Waals surface area contributed by atoms with Gasteiger partial charge in [-0.3, -0.25) is 10.1 Å². The van der Waals surface area contributed by atoms with Gasteiger partial charge in [-0.2, -0.15) is 0 Å². The maximum absolute atomic E-state index is 12.1. The molecular formula is C19H19ClN2O3S. The van der Waals surface area contributed by atoms with E-state index in [1.165, 1.54) is 11.3 Å². The zero-order chi connectivity index (χ0) is 18.5. The van der Waals surface area contributed by atoms with Crippen LogP contribution in [0.25, 0.3) is 10.2 Å². The van der Waals surface area contributed by atoms with E-state index in [1.807, 2.05) is 25.1 Å². The largest absolute Gasteiger partial charge is 0.494 e. The number of carbonyl (C=O) groups is 1. The van der Waals surface area contributed by atoms with Gasteiger partial charge in [-0.1, -0.05) is 29.9 Å².